The van der Waals surface area contributed by atoms with E-state index in [1.165, 1.54) is 23.1 Å². The first kappa shape index (κ1) is 16.7. The van der Waals surface area contributed by atoms with Crippen molar-refractivity contribution in [1.82, 2.24) is 24.5 Å². The number of rotatable bonds is 5. The van der Waals surface area contributed by atoms with Crippen LogP contribution in [0.25, 0.3) is 10.2 Å². The highest BCUT2D eigenvalue weighted by Crippen LogP contribution is 2.23. The van der Waals surface area contributed by atoms with Crippen LogP contribution in [0.1, 0.15) is 12.7 Å². The van der Waals surface area contributed by atoms with Crippen molar-refractivity contribution < 1.29 is 0 Å². The van der Waals surface area contributed by atoms with E-state index >= 15 is 0 Å². The topological polar surface area (TPSA) is 103 Å². The number of hydrogen-bond donors (Lipinski definition) is 1. The molecule has 10 heteroatoms. The number of anilines is 2. The molecule has 24 heavy (non-hydrogen) atoms. The molecule has 0 aliphatic carbocycles. The Morgan fingerprint density at radius 2 is 2.08 bits per heavy atom. The van der Waals surface area contributed by atoms with Gasteiger partial charge in [0, 0.05) is 20.6 Å². The Morgan fingerprint density at radius 3 is 2.79 bits per heavy atom. The number of thiophene rings is 1. The summed E-state index contributed by atoms with van der Waals surface area (Å²) >= 11 is 2.83. The van der Waals surface area contributed by atoms with Crippen molar-refractivity contribution in [2.45, 2.75) is 24.4 Å². The van der Waals surface area contributed by atoms with Crippen LogP contribution in [0.4, 0.5) is 11.9 Å². The predicted molar refractivity (Wildman–Crippen MR) is 97.7 cm³/mol. The minimum Gasteiger partial charge on any atom is -0.368 e. The molecule has 3 heterocycles. The number of nitrogens with two attached hydrogens (primary N) is 1. The molecule has 2 N–H and O–H groups in total. The Kier molecular flexibility index (Phi) is 4.67. The lowest BCUT2D eigenvalue weighted by molar-refractivity contribution is 0.635. The van der Waals surface area contributed by atoms with Crippen molar-refractivity contribution in [2.24, 2.45) is 0 Å². The van der Waals surface area contributed by atoms with Crippen LogP contribution in [0.3, 0.4) is 0 Å². The Labute approximate surface area is 146 Å². The highest BCUT2D eigenvalue weighted by molar-refractivity contribution is 7.98. The summed E-state index contributed by atoms with van der Waals surface area (Å²) < 4.78 is 2.35. The van der Waals surface area contributed by atoms with E-state index in [1.54, 1.807) is 9.47 Å². The molecule has 126 valence electrons. The van der Waals surface area contributed by atoms with Crippen LogP contribution in [-0.4, -0.2) is 38.6 Å². The van der Waals surface area contributed by atoms with E-state index < -0.39 is 0 Å². The minimum absolute atomic E-state index is 0.0101. The van der Waals surface area contributed by atoms with E-state index in [2.05, 4.69) is 19.9 Å². The zero-order valence-corrected chi connectivity index (χ0v) is 15.2. The van der Waals surface area contributed by atoms with Gasteiger partial charge in [0.2, 0.25) is 11.9 Å². The second-order valence-electron chi connectivity index (χ2n) is 5.17. The van der Waals surface area contributed by atoms with Crippen LogP contribution in [-0.2, 0) is 12.3 Å². The van der Waals surface area contributed by atoms with E-state index in [0.29, 0.717) is 33.9 Å². The molecule has 0 spiro atoms. The fourth-order valence-electron chi connectivity index (χ4n) is 2.13. The molecule has 0 saturated carbocycles. The van der Waals surface area contributed by atoms with Gasteiger partial charge in [0.25, 0.3) is 5.56 Å². The van der Waals surface area contributed by atoms with Crippen LogP contribution in [0.5, 0.6) is 0 Å². The second kappa shape index (κ2) is 6.73. The molecule has 3 aromatic heterocycles. The number of thioether (sulfide) groups is 1. The molecular formula is C14H17N7OS2. The van der Waals surface area contributed by atoms with Gasteiger partial charge in [-0.15, -0.1) is 11.3 Å². The molecule has 0 amide bonds. The fraction of sp³-hybridized carbons (Fsp3) is 0.357. The summed E-state index contributed by atoms with van der Waals surface area (Å²) in [6.45, 7) is 2.49. The quantitative estimate of drug-likeness (QED) is 0.539. The summed E-state index contributed by atoms with van der Waals surface area (Å²) in [5.74, 6) is 1.69. The first-order valence-corrected chi connectivity index (χ1v) is 9.14. The summed E-state index contributed by atoms with van der Waals surface area (Å²) in [4.78, 5) is 31.5. The van der Waals surface area contributed by atoms with Crippen molar-refractivity contribution in [3.05, 3.63) is 27.6 Å². The van der Waals surface area contributed by atoms with Gasteiger partial charge in [0.15, 0.2) is 5.16 Å². The molecule has 0 aliphatic rings. The normalized spacial score (nSPS) is 11.1. The third kappa shape index (κ3) is 3.20. The first-order valence-electron chi connectivity index (χ1n) is 7.28. The molecule has 3 aromatic rings. The number of aromatic nitrogens is 5. The lowest BCUT2D eigenvalue weighted by Crippen LogP contribution is -2.21. The highest BCUT2D eigenvalue weighted by atomic mass is 32.2. The maximum Gasteiger partial charge on any atom is 0.272 e. The van der Waals surface area contributed by atoms with Gasteiger partial charge in [-0.25, -0.2) is 4.98 Å². The Morgan fingerprint density at radius 1 is 1.29 bits per heavy atom. The van der Waals surface area contributed by atoms with Gasteiger partial charge < -0.3 is 10.6 Å². The van der Waals surface area contributed by atoms with Crippen molar-refractivity contribution in [1.29, 1.82) is 0 Å². The van der Waals surface area contributed by atoms with E-state index in [9.17, 15) is 4.79 Å². The largest absolute Gasteiger partial charge is 0.368 e. The van der Waals surface area contributed by atoms with Gasteiger partial charge in [-0.2, -0.15) is 15.0 Å². The second-order valence-corrected chi connectivity index (χ2v) is 7.03. The fourth-order valence-corrected chi connectivity index (χ4v) is 3.83. The van der Waals surface area contributed by atoms with Crippen molar-refractivity contribution in [2.75, 3.05) is 24.7 Å². The summed E-state index contributed by atoms with van der Waals surface area (Å²) in [7, 11) is 3.68. The number of hydrogen-bond acceptors (Lipinski definition) is 9. The number of nitrogen functional groups attached to an aromatic ring is 1. The SMILES string of the molecule is CCn1c(SCc2nc(N)nc(N(C)C)n2)nc2ccsc2c1=O. The van der Waals surface area contributed by atoms with Gasteiger partial charge in [-0.05, 0) is 18.4 Å². The zero-order chi connectivity index (χ0) is 17.3. The summed E-state index contributed by atoms with van der Waals surface area (Å²) in [6.07, 6.45) is 0. The molecule has 8 nitrogen and oxygen atoms in total. The summed E-state index contributed by atoms with van der Waals surface area (Å²) in [6, 6.07) is 1.86. The van der Waals surface area contributed by atoms with Crippen LogP contribution < -0.4 is 16.2 Å². The minimum atomic E-state index is -0.0101. The molecule has 0 saturated heterocycles. The molecule has 0 radical (unpaired) electrons. The van der Waals surface area contributed by atoms with E-state index in [0.717, 1.165) is 5.52 Å². The molecule has 0 bridgehead atoms. The highest BCUT2D eigenvalue weighted by Gasteiger charge is 2.13. The van der Waals surface area contributed by atoms with Crippen LogP contribution in [0.2, 0.25) is 0 Å². The summed E-state index contributed by atoms with van der Waals surface area (Å²) in [5, 5.41) is 2.53. The molecule has 0 atom stereocenters. The van der Waals surface area contributed by atoms with Gasteiger partial charge in [0.1, 0.15) is 10.5 Å². The predicted octanol–water partition coefficient (Wildman–Crippen LogP) is 1.60. The summed E-state index contributed by atoms with van der Waals surface area (Å²) in [5.41, 5.74) is 6.45. The Bertz CT molecular complexity index is 935. The average molecular weight is 363 g/mol. The monoisotopic (exact) mass is 363 g/mol. The van der Waals surface area contributed by atoms with Crippen molar-refractivity contribution in [3.8, 4) is 0 Å². The number of nitrogens with zero attached hydrogens (tertiary/aromatic N) is 6. The lowest BCUT2D eigenvalue weighted by atomic mass is 10.5. The van der Waals surface area contributed by atoms with Gasteiger partial charge in [-0.1, -0.05) is 11.8 Å². The van der Waals surface area contributed by atoms with Gasteiger partial charge >= 0.3 is 0 Å². The maximum atomic E-state index is 12.5. The smallest absolute Gasteiger partial charge is 0.272 e. The molecular weight excluding hydrogens is 346 g/mol. The third-order valence-corrected chi connectivity index (χ3v) is 5.13. The molecule has 0 aliphatic heterocycles. The molecule has 0 aromatic carbocycles. The Balaban J connectivity index is 1.92. The third-order valence-electron chi connectivity index (χ3n) is 3.26. The first-order chi connectivity index (χ1) is 11.5. The average Bonchev–Trinajstić information content (AvgIpc) is 3.01. The Hall–Kier alpha value is -2.20. The van der Waals surface area contributed by atoms with Crippen molar-refractivity contribution >= 4 is 45.2 Å². The molecule has 0 fully saturated rings. The van der Waals surface area contributed by atoms with Crippen molar-refractivity contribution in [3.63, 3.8) is 0 Å². The van der Waals surface area contributed by atoms with Crippen LogP contribution in [0, 0.1) is 0 Å². The number of fused-ring (bicyclic) bond motifs is 1. The van der Waals surface area contributed by atoms with E-state index in [1.807, 2.05) is 32.5 Å². The van der Waals surface area contributed by atoms with Gasteiger partial charge in [-0.3, -0.25) is 9.36 Å². The lowest BCUT2D eigenvalue weighted by Gasteiger charge is -2.12. The molecule has 0 unspecified atom stereocenters. The zero-order valence-electron chi connectivity index (χ0n) is 13.6. The van der Waals surface area contributed by atoms with Gasteiger partial charge in [0.05, 0.1) is 11.3 Å². The van der Waals surface area contributed by atoms with E-state index in [-0.39, 0.29) is 11.5 Å². The van der Waals surface area contributed by atoms with Crippen LogP contribution in [0.15, 0.2) is 21.4 Å². The maximum absolute atomic E-state index is 12.5. The molecule has 3 rings (SSSR count). The van der Waals surface area contributed by atoms with E-state index in [4.69, 9.17) is 5.73 Å². The standard InChI is InChI=1S/C14H17N7OS2/c1-4-21-11(22)10-8(5-6-23-10)16-14(21)24-7-9-17-12(15)19-13(18-9)20(2)3/h5-6H,4,7H2,1-3H3,(H2,15,17,18,19). The van der Waals surface area contributed by atoms with Crippen LogP contribution >= 0.6 is 23.1 Å².